The van der Waals surface area contributed by atoms with Crippen LogP contribution >= 0.6 is 0 Å². The van der Waals surface area contributed by atoms with Crippen molar-refractivity contribution < 1.29 is 14.3 Å². The first-order chi connectivity index (χ1) is 8.38. The zero-order valence-corrected chi connectivity index (χ0v) is 12.0. The minimum atomic E-state index is -0.144. The second-order valence-corrected chi connectivity index (χ2v) is 5.70. The SMILES string of the molecule is CCOC(=O)C(C)C(C)(C)CCN1CCCC1=O. The molecule has 0 aromatic rings. The van der Waals surface area contributed by atoms with Crippen LogP contribution in [0.15, 0.2) is 0 Å². The molecule has 4 heteroatoms. The van der Waals surface area contributed by atoms with Crippen LogP contribution in [0, 0.1) is 11.3 Å². The van der Waals surface area contributed by atoms with E-state index in [9.17, 15) is 9.59 Å². The van der Waals surface area contributed by atoms with E-state index < -0.39 is 0 Å². The summed E-state index contributed by atoms with van der Waals surface area (Å²) in [6.07, 6.45) is 2.47. The summed E-state index contributed by atoms with van der Waals surface area (Å²) in [5, 5.41) is 0. The van der Waals surface area contributed by atoms with Gasteiger partial charge in [-0.3, -0.25) is 9.59 Å². The van der Waals surface area contributed by atoms with Gasteiger partial charge in [-0.05, 0) is 25.2 Å². The van der Waals surface area contributed by atoms with Crippen molar-refractivity contribution in [3.63, 3.8) is 0 Å². The molecule has 1 unspecified atom stereocenters. The van der Waals surface area contributed by atoms with E-state index in [1.165, 1.54) is 0 Å². The molecule has 0 saturated carbocycles. The van der Waals surface area contributed by atoms with E-state index >= 15 is 0 Å². The standard InChI is InChI=1S/C14H25NO3/c1-5-18-13(17)11(2)14(3,4)8-10-15-9-6-7-12(15)16/h11H,5-10H2,1-4H3. The number of amides is 1. The van der Waals surface area contributed by atoms with Gasteiger partial charge in [0.1, 0.15) is 0 Å². The normalized spacial score (nSPS) is 18.0. The van der Waals surface area contributed by atoms with E-state index in [0.717, 1.165) is 25.9 Å². The molecule has 1 aliphatic heterocycles. The number of esters is 1. The summed E-state index contributed by atoms with van der Waals surface area (Å²) in [6, 6.07) is 0. The van der Waals surface area contributed by atoms with E-state index in [0.29, 0.717) is 13.0 Å². The smallest absolute Gasteiger partial charge is 0.309 e. The van der Waals surface area contributed by atoms with Crippen molar-refractivity contribution in [2.75, 3.05) is 19.7 Å². The lowest BCUT2D eigenvalue weighted by Crippen LogP contribution is -2.35. The Bertz CT molecular complexity index is 312. The van der Waals surface area contributed by atoms with Crippen molar-refractivity contribution in [3.8, 4) is 0 Å². The molecule has 1 amide bonds. The van der Waals surface area contributed by atoms with Gasteiger partial charge in [0.15, 0.2) is 0 Å². The van der Waals surface area contributed by atoms with E-state index in [-0.39, 0.29) is 23.2 Å². The molecule has 4 nitrogen and oxygen atoms in total. The van der Waals surface area contributed by atoms with Crippen LogP contribution in [0.2, 0.25) is 0 Å². The summed E-state index contributed by atoms with van der Waals surface area (Å²) in [7, 11) is 0. The van der Waals surface area contributed by atoms with Crippen LogP contribution in [0.3, 0.4) is 0 Å². The fourth-order valence-electron chi connectivity index (χ4n) is 2.17. The molecule has 0 spiro atoms. The summed E-state index contributed by atoms with van der Waals surface area (Å²) >= 11 is 0. The Hall–Kier alpha value is -1.06. The molecule has 1 rings (SSSR count). The summed E-state index contributed by atoms with van der Waals surface area (Å²) in [4.78, 5) is 25.2. The van der Waals surface area contributed by atoms with Crippen LogP contribution in [-0.4, -0.2) is 36.5 Å². The summed E-state index contributed by atoms with van der Waals surface area (Å²) in [5.74, 6) is -0.0417. The number of carbonyl (C=O) groups is 2. The number of hydrogen-bond donors (Lipinski definition) is 0. The quantitative estimate of drug-likeness (QED) is 0.684. The van der Waals surface area contributed by atoms with Gasteiger partial charge in [0.05, 0.1) is 12.5 Å². The van der Waals surface area contributed by atoms with Crippen LogP contribution in [0.25, 0.3) is 0 Å². The molecule has 1 aliphatic rings. The Morgan fingerprint density at radius 2 is 2.17 bits per heavy atom. The summed E-state index contributed by atoms with van der Waals surface area (Å²) < 4.78 is 5.06. The highest BCUT2D eigenvalue weighted by molar-refractivity contribution is 5.78. The van der Waals surface area contributed by atoms with E-state index in [4.69, 9.17) is 4.74 Å². The first kappa shape index (κ1) is 15.0. The van der Waals surface area contributed by atoms with Gasteiger partial charge in [0.2, 0.25) is 5.91 Å². The highest BCUT2D eigenvalue weighted by Gasteiger charge is 2.33. The Morgan fingerprint density at radius 3 is 2.67 bits per heavy atom. The predicted molar refractivity (Wildman–Crippen MR) is 70.0 cm³/mol. The average molecular weight is 255 g/mol. The van der Waals surface area contributed by atoms with Gasteiger partial charge < -0.3 is 9.64 Å². The van der Waals surface area contributed by atoms with Crippen LogP contribution in [0.5, 0.6) is 0 Å². The third-order valence-corrected chi connectivity index (χ3v) is 4.01. The molecule has 1 atom stereocenters. The fourth-order valence-corrected chi connectivity index (χ4v) is 2.17. The first-order valence-corrected chi connectivity index (χ1v) is 6.83. The van der Waals surface area contributed by atoms with Crippen LogP contribution in [0.1, 0.15) is 47.0 Å². The largest absolute Gasteiger partial charge is 0.466 e. The number of carbonyl (C=O) groups excluding carboxylic acids is 2. The van der Waals surface area contributed by atoms with E-state index in [1.807, 2.05) is 18.7 Å². The summed E-state index contributed by atoms with van der Waals surface area (Å²) in [5.41, 5.74) is -0.144. The average Bonchev–Trinajstić information content (AvgIpc) is 2.71. The second-order valence-electron chi connectivity index (χ2n) is 5.70. The predicted octanol–water partition coefficient (Wildman–Crippen LogP) is 2.22. The van der Waals surface area contributed by atoms with Gasteiger partial charge in [0, 0.05) is 19.5 Å². The molecular formula is C14H25NO3. The minimum Gasteiger partial charge on any atom is -0.466 e. The third-order valence-electron chi connectivity index (χ3n) is 4.01. The molecule has 0 aliphatic carbocycles. The Kier molecular flexibility index (Phi) is 5.17. The maximum atomic E-state index is 11.7. The number of likely N-dealkylation sites (tertiary alicyclic amines) is 1. The second kappa shape index (κ2) is 6.21. The lowest BCUT2D eigenvalue weighted by molar-refractivity contribution is -0.151. The van der Waals surface area contributed by atoms with E-state index in [2.05, 4.69) is 13.8 Å². The van der Waals surface area contributed by atoms with Crippen molar-refractivity contribution in [2.24, 2.45) is 11.3 Å². The van der Waals surface area contributed by atoms with Crippen molar-refractivity contribution in [1.29, 1.82) is 0 Å². The van der Waals surface area contributed by atoms with Crippen molar-refractivity contribution in [2.45, 2.75) is 47.0 Å². The molecule has 0 aromatic carbocycles. The maximum Gasteiger partial charge on any atom is 0.309 e. The van der Waals surface area contributed by atoms with Crippen molar-refractivity contribution in [3.05, 3.63) is 0 Å². The van der Waals surface area contributed by atoms with Crippen molar-refractivity contribution in [1.82, 2.24) is 4.90 Å². The number of rotatable bonds is 6. The molecule has 1 saturated heterocycles. The van der Waals surface area contributed by atoms with Gasteiger partial charge >= 0.3 is 5.97 Å². The number of nitrogens with zero attached hydrogens (tertiary/aromatic N) is 1. The number of hydrogen-bond acceptors (Lipinski definition) is 3. The molecule has 0 aromatic heterocycles. The lowest BCUT2D eigenvalue weighted by atomic mass is 9.77. The van der Waals surface area contributed by atoms with Crippen LogP contribution in [-0.2, 0) is 14.3 Å². The van der Waals surface area contributed by atoms with Gasteiger partial charge in [-0.2, -0.15) is 0 Å². The Balaban J connectivity index is 2.47. The molecule has 104 valence electrons. The van der Waals surface area contributed by atoms with Gasteiger partial charge in [-0.25, -0.2) is 0 Å². The molecule has 0 N–H and O–H groups in total. The molecule has 18 heavy (non-hydrogen) atoms. The first-order valence-electron chi connectivity index (χ1n) is 6.83. The highest BCUT2D eigenvalue weighted by Crippen LogP contribution is 2.32. The molecular weight excluding hydrogens is 230 g/mol. The molecule has 1 heterocycles. The van der Waals surface area contributed by atoms with E-state index in [1.54, 1.807) is 0 Å². The third kappa shape index (κ3) is 3.72. The van der Waals surface area contributed by atoms with Crippen LogP contribution in [0.4, 0.5) is 0 Å². The summed E-state index contributed by atoms with van der Waals surface area (Å²) in [6.45, 7) is 9.89. The lowest BCUT2D eigenvalue weighted by Gasteiger charge is -2.32. The zero-order valence-electron chi connectivity index (χ0n) is 12.0. The Morgan fingerprint density at radius 1 is 1.50 bits per heavy atom. The van der Waals surface area contributed by atoms with Crippen LogP contribution < -0.4 is 0 Å². The fraction of sp³-hybridized carbons (Fsp3) is 0.857. The topological polar surface area (TPSA) is 46.6 Å². The monoisotopic (exact) mass is 255 g/mol. The van der Waals surface area contributed by atoms with Gasteiger partial charge in [-0.1, -0.05) is 20.8 Å². The maximum absolute atomic E-state index is 11.7. The highest BCUT2D eigenvalue weighted by atomic mass is 16.5. The zero-order chi connectivity index (χ0) is 13.8. The number of ether oxygens (including phenoxy) is 1. The van der Waals surface area contributed by atoms with Gasteiger partial charge in [-0.15, -0.1) is 0 Å². The minimum absolute atomic E-state index is 0.143. The van der Waals surface area contributed by atoms with Crippen molar-refractivity contribution >= 4 is 11.9 Å². The molecule has 1 fully saturated rings. The molecule has 0 bridgehead atoms. The Labute approximate surface area is 110 Å². The molecule has 0 radical (unpaired) electrons. The van der Waals surface area contributed by atoms with Gasteiger partial charge in [0.25, 0.3) is 0 Å².